The Labute approximate surface area is 110 Å². The van der Waals surface area contributed by atoms with Crippen LogP contribution >= 0.6 is 11.3 Å². The van der Waals surface area contributed by atoms with Gasteiger partial charge in [0.15, 0.2) is 5.82 Å². The third kappa shape index (κ3) is 2.76. The maximum Gasteiger partial charge on any atom is 0.287 e. The van der Waals surface area contributed by atoms with Crippen LogP contribution in [0.4, 0.5) is 0 Å². The van der Waals surface area contributed by atoms with Gasteiger partial charge in [-0.2, -0.15) is 0 Å². The molecular weight excluding hydrogens is 248 g/mol. The maximum absolute atomic E-state index is 11.9. The van der Waals surface area contributed by atoms with Gasteiger partial charge in [0.25, 0.3) is 5.91 Å². The van der Waals surface area contributed by atoms with Crippen LogP contribution in [0.15, 0.2) is 17.8 Å². The highest BCUT2D eigenvalue weighted by Crippen LogP contribution is 2.18. The molecule has 0 aliphatic heterocycles. The first-order chi connectivity index (χ1) is 8.58. The van der Waals surface area contributed by atoms with Gasteiger partial charge in [-0.15, -0.1) is 11.3 Å². The summed E-state index contributed by atoms with van der Waals surface area (Å²) in [6.07, 6.45) is 3.37. The van der Waals surface area contributed by atoms with E-state index in [1.807, 2.05) is 12.3 Å². The number of hydrogen-bond acceptors (Lipinski definition) is 4. The smallest absolute Gasteiger partial charge is 0.287 e. The number of thiazole rings is 1. The second-order valence-electron chi connectivity index (χ2n) is 4.30. The summed E-state index contributed by atoms with van der Waals surface area (Å²) in [7, 11) is 1.80. The predicted molar refractivity (Wildman–Crippen MR) is 70.8 cm³/mol. The van der Waals surface area contributed by atoms with Crippen LogP contribution in [0, 0.1) is 6.92 Å². The van der Waals surface area contributed by atoms with Crippen molar-refractivity contribution >= 4 is 17.2 Å². The van der Waals surface area contributed by atoms with Crippen LogP contribution in [0.3, 0.4) is 0 Å². The highest BCUT2D eigenvalue weighted by atomic mass is 32.1. The van der Waals surface area contributed by atoms with E-state index in [1.165, 1.54) is 0 Å². The first kappa shape index (κ1) is 12.8. The van der Waals surface area contributed by atoms with Gasteiger partial charge < -0.3 is 9.88 Å². The Hall–Kier alpha value is -1.69. The van der Waals surface area contributed by atoms with E-state index < -0.39 is 0 Å². The van der Waals surface area contributed by atoms with Gasteiger partial charge in [0.05, 0.1) is 5.01 Å². The fraction of sp³-hybridized carbons (Fsp3) is 0.417. The van der Waals surface area contributed by atoms with E-state index in [4.69, 9.17) is 0 Å². The molecule has 0 radical (unpaired) electrons. The second kappa shape index (κ2) is 5.30. The van der Waals surface area contributed by atoms with E-state index in [0.717, 1.165) is 10.7 Å². The molecule has 5 nitrogen and oxygen atoms in total. The zero-order chi connectivity index (χ0) is 13.1. The lowest BCUT2D eigenvalue weighted by atomic mass is 10.2. The van der Waals surface area contributed by atoms with Crippen LogP contribution in [-0.4, -0.2) is 27.0 Å². The quantitative estimate of drug-likeness (QED) is 0.914. The van der Waals surface area contributed by atoms with Crippen LogP contribution in [0.25, 0.3) is 0 Å². The summed E-state index contributed by atoms with van der Waals surface area (Å²) < 4.78 is 1.70. The largest absolute Gasteiger partial charge is 0.349 e. The van der Waals surface area contributed by atoms with Gasteiger partial charge in [-0.05, 0) is 6.92 Å². The zero-order valence-corrected chi connectivity index (χ0v) is 11.5. The minimum Gasteiger partial charge on any atom is -0.349 e. The molecule has 0 aliphatic carbocycles. The molecule has 1 unspecified atom stereocenters. The predicted octanol–water partition coefficient (Wildman–Crippen LogP) is 1.72. The molecule has 96 valence electrons. The molecule has 2 aromatic heterocycles. The number of aromatic nitrogens is 3. The Morgan fingerprint density at radius 1 is 1.61 bits per heavy atom. The summed E-state index contributed by atoms with van der Waals surface area (Å²) in [5.41, 5.74) is 1.03. The van der Waals surface area contributed by atoms with Crippen molar-refractivity contribution in [3.8, 4) is 0 Å². The molecule has 0 bridgehead atoms. The SMILES string of the molecule is Cc1csc(C(C)CNC(=O)c2nccn2C)n1. The monoisotopic (exact) mass is 264 g/mol. The number of carbonyl (C=O) groups excluding carboxylic acids is 1. The Morgan fingerprint density at radius 2 is 2.39 bits per heavy atom. The number of imidazole rings is 1. The Kier molecular flexibility index (Phi) is 3.76. The van der Waals surface area contributed by atoms with E-state index in [2.05, 4.69) is 22.2 Å². The van der Waals surface area contributed by atoms with Gasteiger partial charge in [-0.25, -0.2) is 9.97 Å². The van der Waals surface area contributed by atoms with Crippen LogP contribution in [0.2, 0.25) is 0 Å². The standard InChI is InChI=1S/C12H16N4OS/c1-8(12-15-9(2)7-18-12)6-14-11(17)10-13-4-5-16(10)3/h4-5,7-8H,6H2,1-3H3,(H,14,17). The molecule has 2 rings (SSSR count). The lowest BCUT2D eigenvalue weighted by Gasteiger charge is -2.09. The zero-order valence-electron chi connectivity index (χ0n) is 10.7. The minimum absolute atomic E-state index is 0.150. The number of rotatable bonds is 4. The minimum atomic E-state index is -0.150. The average Bonchev–Trinajstić information content (AvgIpc) is 2.94. The molecule has 6 heteroatoms. The third-order valence-electron chi connectivity index (χ3n) is 2.65. The van der Waals surface area contributed by atoms with Gasteiger partial charge in [-0.1, -0.05) is 6.92 Å². The van der Waals surface area contributed by atoms with Crippen molar-refractivity contribution < 1.29 is 4.79 Å². The van der Waals surface area contributed by atoms with Crippen molar-refractivity contribution in [2.45, 2.75) is 19.8 Å². The molecular formula is C12H16N4OS. The lowest BCUT2D eigenvalue weighted by Crippen LogP contribution is -2.29. The summed E-state index contributed by atoms with van der Waals surface area (Å²) >= 11 is 1.63. The second-order valence-corrected chi connectivity index (χ2v) is 5.19. The van der Waals surface area contributed by atoms with E-state index in [0.29, 0.717) is 12.4 Å². The number of carbonyl (C=O) groups is 1. The van der Waals surface area contributed by atoms with E-state index >= 15 is 0 Å². The van der Waals surface area contributed by atoms with Crippen molar-refractivity contribution in [2.75, 3.05) is 6.54 Å². The normalized spacial score (nSPS) is 12.4. The maximum atomic E-state index is 11.9. The molecule has 2 aromatic rings. The molecule has 1 atom stereocenters. The van der Waals surface area contributed by atoms with E-state index in [-0.39, 0.29) is 11.8 Å². The molecule has 1 amide bonds. The highest BCUT2D eigenvalue weighted by Gasteiger charge is 2.14. The topological polar surface area (TPSA) is 59.8 Å². The van der Waals surface area contributed by atoms with Crippen molar-refractivity contribution in [1.29, 1.82) is 0 Å². The van der Waals surface area contributed by atoms with E-state index in [1.54, 1.807) is 35.3 Å². The third-order valence-corrected chi connectivity index (χ3v) is 3.85. The summed E-state index contributed by atoms with van der Waals surface area (Å²) in [6.45, 7) is 4.59. The Bertz CT molecular complexity index is 546. The van der Waals surface area contributed by atoms with Gasteiger partial charge in [0.2, 0.25) is 0 Å². The molecule has 2 heterocycles. The lowest BCUT2D eigenvalue weighted by molar-refractivity contribution is 0.0938. The fourth-order valence-electron chi connectivity index (χ4n) is 1.60. The van der Waals surface area contributed by atoms with Gasteiger partial charge in [0.1, 0.15) is 0 Å². The van der Waals surface area contributed by atoms with Crippen LogP contribution < -0.4 is 5.32 Å². The van der Waals surface area contributed by atoms with Gasteiger partial charge in [0, 0.05) is 43.0 Å². The summed E-state index contributed by atoms with van der Waals surface area (Å²) in [5, 5.41) is 5.95. The summed E-state index contributed by atoms with van der Waals surface area (Å²) in [5.74, 6) is 0.494. The average molecular weight is 264 g/mol. The molecule has 0 aromatic carbocycles. The molecule has 1 N–H and O–H groups in total. The van der Waals surface area contributed by atoms with Crippen LogP contribution in [0.5, 0.6) is 0 Å². The first-order valence-corrected chi connectivity index (χ1v) is 6.63. The number of amides is 1. The molecule has 0 saturated carbocycles. The van der Waals surface area contributed by atoms with Crippen LogP contribution in [-0.2, 0) is 7.05 Å². The molecule has 0 aliphatic rings. The molecule has 0 saturated heterocycles. The van der Waals surface area contributed by atoms with Crippen molar-refractivity contribution in [2.24, 2.45) is 7.05 Å². The Balaban J connectivity index is 1.92. The summed E-state index contributed by atoms with van der Waals surface area (Å²) in [6, 6.07) is 0. The van der Waals surface area contributed by atoms with E-state index in [9.17, 15) is 4.79 Å². The number of aryl methyl sites for hydroxylation is 2. The number of nitrogens with one attached hydrogen (secondary N) is 1. The van der Waals surface area contributed by atoms with Crippen molar-refractivity contribution in [3.05, 3.63) is 34.3 Å². The number of hydrogen-bond donors (Lipinski definition) is 1. The number of nitrogens with zero attached hydrogens (tertiary/aromatic N) is 3. The van der Waals surface area contributed by atoms with Crippen molar-refractivity contribution in [3.63, 3.8) is 0 Å². The van der Waals surface area contributed by atoms with Crippen LogP contribution in [0.1, 0.15) is 34.2 Å². The molecule has 18 heavy (non-hydrogen) atoms. The fourth-order valence-corrected chi connectivity index (χ4v) is 2.45. The van der Waals surface area contributed by atoms with Crippen molar-refractivity contribution in [1.82, 2.24) is 19.9 Å². The van der Waals surface area contributed by atoms with Gasteiger partial charge >= 0.3 is 0 Å². The first-order valence-electron chi connectivity index (χ1n) is 5.75. The summed E-state index contributed by atoms with van der Waals surface area (Å²) in [4.78, 5) is 20.3. The van der Waals surface area contributed by atoms with Gasteiger partial charge in [-0.3, -0.25) is 4.79 Å². The Morgan fingerprint density at radius 3 is 2.94 bits per heavy atom. The molecule has 0 spiro atoms. The highest BCUT2D eigenvalue weighted by molar-refractivity contribution is 7.09. The molecule has 0 fully saturated rings.